The summed E-state index contributed by atoms with van der Waals surface area (Å²) in [6, 6.07) is 8.56. The van der Waals surface area contributed by atoms with Crippen LogP contribution in [0.1, 0.15) is 35.3 Å². The Morgan fingerprint density at radius 1 is 1.08 bits per heavy atom. The second kappa shape index (κ2) is 7.77. The molecular weight excluding hydrogens is 324 g/mol. The first-order chi connectivity index (χ1) is 12.5. The Morgan fingerprint density at radius 3 is 2.46 bits per heavy atom. The van der Waals surface area contributed by atoms with E-state index in [1.165, 1.54) is 16.8 Å². The quantitative estimate of drug-likeness (QED) is 0.918. The molecule has 3 rings (SSSR count). The van der Waals surface area contributed by atoms with Gasteiger partial charge in [0, 0.05) is 44.1 Å². The van der Waals surface area contributed by atoms with Crippen LogP contribution < -0.4 is 15.1 Å². The van der Waals surface area contributed by atoms with Gasteiger partial charge >= 0.3 is 0 Å². The van der Waals surface area contributed by atoms with Gasteiger partial charge < -0.3 is 15.1 Å². The second-order valence-electron chi connectivity index (χ2n) is 7.25. The number of aromatic nitrogens is 1. The predicted molar refractivity (Wildman–Crippen MR) is 107 cm³/mol. The van der Waals surface area contributed by atoms with Crippen molar-refractivity contribution in [2.75, 3.05) is 36.0 Å². The highest BCUT2D eigenvalue weighted by molar-refractivity contribution is 5.94. The largest absolute Gasteiger partial charge is 0.368 e. The number of hydrogen-bond acceptors (Lipinski definition) is 4. The zero-order valence-corrected chi connectivity index (χ0v) is 16.1. The summed E-state index contributed by atoms with van der Waals surface area (Å²) in [6.07, 6.45) is 3.48. The van der Waals surface area contributed by atoms with Gasteiger partial charge in [0.1, 0.15) is 0 Å². The van der Waals surface area contributed by atoms with E-state index in [9.17, 15) is 4.79 Å². The first-order valence-electron chi connectivity index (χ1n) is 9.27. The van der Waals surface area contributed by atoms with Crippen molar-refractivity contribution in [2.24, 2.45) is 0 Å². The highest BCUT2D eigenvalue weighted by Gasteiger charge is 2.20. The number of benzene rings is 1. The minimum atomic E-state index is -0.0663. The normalized spacial score (nSPS) is 14.7. The lowest BCUT2D eigenvalue weighted by Gasteiger charge is -2.38. The summed E-state index contributed by atoms with van der Waals surface area (Å²) in [4.78, 5) is 21.2. The highest BCUT2D eigenvalue weighted by atomic mass is 16.1. The maximum Gasteiger partial charge on any atom is 0.253 e. The van der Waals surface area contributed by atoms with Crippen molar-refractivity contribution < 1.29 is 4.79 Å². The van der Waals surface area contributed by atoms with E-state index in [0.29, 0.717) is 5.56 Å². The second-order valence-corrected chi connectivity index (χ2v) is 7.25. The number of carbonyl (C=O) groups excluding carboxylic acids is 1. The third kappa shape index (κ3) is 3.98. The van der Waals surface area contributed by atoms with Gasteiger partial charge in [-0.3, -0.25) is 9.78 Å². The number of hydrogen-bond donors (Lipinski definition) is 1. The molecule has 2 aromatic rings. The Hall–Kier alpha value is -2.56. The van der Waals surface area contributed by atoms with Crippen molar-refractivity contribution in [1.82, 2.24) is 10.3 Å². The summed E-state index contributed by atoms with van der Waals surface area (Å²) in [5.41, 5.74) is 5.65. The molecule has 1 saturated heterocycles. The number of rotatable bonds is 4. The number of pyridine rings is 1. The number of aryl methyl sites for hydroxylation is 1. The van der Waals surface area contributed by atoms with Gasteiger partial charge in [0.2, 0.25) is 0 Å². The van der Waals surface area contributed by atoms with Crippen LogP contribution in [0.25, 0.3) is 0 Å². The van der Waals surface area contributed by atoms with Gasteiger partial charge in [0.25, 0.3) is 5.91 Å². The highest BCUT2D eigenvalue weighted by Crippen LogP contribution is 2.25. The van der Waals surface area contributed by atoms with Crippen LogP contribution in [0.4, 0.5) is 11.4 Å². The van der Waals surface area contributed by atoms with E-state index >= 15 is 0 Å². The van der Waals surface area contributed by atoms with Crippen LogP contribution in [0.15, 0.2) is 36.7 Å². The monoisotopic (exact) mass is 352 g/mol. The number of nitrogens with one attached hydrogen (secondary N) is 1. The molecule has 1 N–H and O–H groups in total. The van der Waals surface area contributed by atoms with E-state index in [0.717, 1.165) is 31.9 Å². The number of nitrogens with zero attached hydrogens (tertiary/aromatic N) is 3. The molecule has 1 aromatic carbocycles. The Kier molecular flexibility index (Phi) is 5.45. The van der Waals surface area contributed by atoms with Gasteiger partial charge in [0.05, 0.1) is 17.4 Å². The molecule has 0 saturated carbocycles. The molecule has 1 aliphatic heterocycles. The van der Waals surface area contributed by atoms with Gasteiger partial charge in [-0.25, -0.2) is 0 Å². The van der Waals surface area contributed by atoms with Gasteiger partial charge in [-0.1, -0.05) is 12.1 Å². The lowest BCUT2D eigenvalue weighted by molar-refractivity contribution is 0.0943. The molecule has 5 heteroatoms. The van der Waals surface area contributed by atoms with Crippen LogP contribution in [0.5, 0.6) is 0 Å². The first-order valence-corrected chi connectivity index (χ1v) is 9.27. The third-order valence-electron chi connectivity index (χ3n) is 4.97. The maximum atomic E-state index is 12.2. The summed E-state index contributed by atoms with van der Waals surface area (Å²) in [7, 11) is 0. The van der Waals surface area contributed by atoms with Crippen molar-refractivity contribution >= 4 is 17.3 Å². The molecule has 1 amide bonds. The maximum absolute atomic E-state index is 12.2. The van der Waals surface area contributed by atoms with E-state index in [4.69, 9.17) is 0 Å². The topological polar surface area (TPSA) is 48.5 Å². The van der Waals surface area contributed by atoms with Crippen LogP contribution in [-0.2, 0) is 0 Å². The molecule has 1 aliphatic rings. The Morgan fingerprint density at radius 2 is 1.77 bits per heavy atom. The number of carbonyl (C=O) groups is 1. The van der Waals surface area contributed by atoms with E-state index in [-0.39, 0.29) is 11.9 Å². The van der Waals surface area contributed by atoms with Crippen LogP contribution >= 0.6 is 0 Å². The fraction of sp³-hybridized carbons (Fsp3) is 0.429. The molecule has 2 heterocycles. The first kappa shape index (κ1) is 18.2. The van der Waals surface area contributed by atoms with Crippen LogP contribution in [0.2, 0.25) is 0 Å². The molecule has 1 aromatic heterocycles. The number of amides is 1. The molecule has 138 valence electrons. The van der Waals surface area contributed by atoms with Crippen molar-refractivity contribution in [3.63, 3.8) is 0 Å². The molecule has 0 spiro atoms. The van der Waals surface area contributed by atoms with E-state index in [1.807, 2.05) is 26.1 Å². The predicted octanol–water partition coefficient (Wildman–Crippen LogP) is 3.16. The van der Waals surface area contributed by atoms with Gasteiger partial charge in [0.15, 0.2) is 0 Å². The van der Waals surface area contributed by atoms with Crippen LogP contribution in [0, 0.1) is 13.8 Å². The fourth-order valence-electron chi connectivity index (χ4n) is 3.35. The summed E-state index contributed by atoms with van der Waals surface area (Å²) >= 11 is 0. The molecule has 26 heavy (non-hydrogen) atoms. The SMILES string of the molecule is Cc1cccc(N2CCN(c3cncc(C(=O)NC(C)C)c3)CC2)c1C. The molecular formula is C21H28N4O. The summed E-state index contributed by atoms with van der Waals surface area (Å²) in [5, 5.41) is 2.92. The van der Waals surface area contributed by atoms with Crippen LogP contribution in [-0.4, -0.2) is 43.1 Å². The van der Waals surface area contributed by atoms with Crippen LogP contribution in [0.3, 0.4) is 0 Å². The molecule has 0 aliphatic carbocycles. The van der Waals surface area contributed by atoms with Crippen molar-refractivity contribution in [2.45, 2.75) is 33.7 Å². The average molecular weight is 352 g/mol. The molecule has 0 unspecified atom stereocenters. The Labute approximate surface area is 156 Å². The zero-order chi connectivity index (χ0) is 18.7. The average Bonchev–Trinajstić information content (AvgIpc) is 2.64. The molecule has 0 bridgehead atoms. The van der Waals surface area contributed by atoms with Crippen molar-refractivity contribution in [3.05, 3.63) is 53.3 Å². The summed E-state index contributed by atoms with van der Waals surface area (Å²) < 4.78 is 0. The van der Waals surface area contributed by atoms with E-state index in [2.05, 4.69) is 52.1 Å². The molecule has 0 radical (unpaired) electrons. The molecule has 5 nitrogen and oxygen atoms in total. The van der Waals surface area contributed by atoms with Gasteiger partial charge in [-0.15, -0.1) is 0 Å². The Bertz CT molecular complexity index is 779. The minimum Gasteiger partial charge on any atom is -0.368 e. The van der Waals surface area contributed by atoms with Gasteiger partial charge in [-0.05, 0) is 51.0 Å². The molecule has 0 atom stereocenters. The van der Waals surface area contributed by atoms with Gasteiger partial charge in [-0.2, -0.15) is 0 Å². The number of piperazine rings is 1. The zero-order valence-electron chi connectivity index (χ0n) is 16.1. The smallest absolute Gasteiger partial charge is 0.253 e. The van der Waals surface area contributed by atoms with E-state index in [1.54, 1.807) is 6.20 Å². The summed E-state index contributed by atoms with van der Waals surface area (Å²) in [6.45, 7) is 12.0. The summed E-state index contributed by atoms with van der Waals surface area (Å²) in [5.74, 6) is -0.0663. The number of anilines is 2. The standard InChI is InChI=1S/C21H28N4O/c1-15(2)23-21(26)18-12-19(14-22-13-18)24-8-10-25(11-9-24)20-7-5-6-16(3)17(20)4/h5-7,12-15H,8-11H2,1-4H3,(H,23,26). The minimum absolute atomic E-state index is 0.0663. The van der Waals surface area contributed by atoms with Crippen molar-refractivity contribution in [3.8, 4) is 0 Å². The lowest BCUT2D eigenvalue weighted by atomic mass is 10.1. The Balaban J connectivity index is 1.68. The lowest BCUT2D eigenvalue weighted by Crippen LogP contribution is -2.47. The fourth-order valence-corrected chi connectivity index (χ4v) is 3.35. The third-order valence-corrected chi connectivity index (χ3v) is 4.97. The van der Waals surface area contributed by atoms with E-state index < -0.39 is 0 Å². The molecule has 1 fully saturated rings. The van der Waals surface area contributed by atoms with Crippen molar-refractivity contribution in [1.29, 1.82) is 0 Å².